The summed E-state index contributed by atoms with van der Waals surface area (Å²) < 4.78 is 38.6. The van der Waals surface area contributed by atoms with Crippen molar-refractivity contribution in [1.82, 2.24) is 5.32 Å². The zero-order chi connectivity index (χ0) is 15.6. The quantitative estimate of drug-likeness (QED) is 0.893. The van der Waals surface area contributed by atoms with Crippen LogP contribution >= 0.6 is 0 Å². The van der Waals surface area contributed by atoms with Crippen LogP contribution in [-0.4, -0.2) is 19.5 Å². The number of anilines is 1. The third-order valence-corrected chi connectivity index (χ3v) is 2.64. The maximum atomic E-state index is 12.9. The van der Waals surface area contributed by atoms with E-state index in [1.54, 1.807) is 0 Å². The van der Waals surface area contributed by atoms with Crippen LogP contribution in [-0.2, 0) is 6.18 Å². The molecular formula is C14H19F3N2O. The summed E-state index contributed by atoms with van der Waals surface area (Å²) in [4.78, 5) is 12.0. The summed E-state index contributed by atoms with van der Waals surface area (Å²) in [5.41, 5.74) is -1.20. The molecule has 2 N–H and O–H groups in total. The maximum Gasteiger partial charge on any atom is 0.418 e. The van der Waals surface area contributed by atoms with Gasteiger partial charge in [0.2, 0.25) is 0 Å². The molecule has 0 spiro atoms. The lowest BCUT2D eigenvalue weighted by Crippen LogP contribution is -2.33. The molecule has 0 atom stereocenters. The summed E-state index contributed by atoms with van der Waals surface area (Å²) >= 11 is 0. The Bertz CT molecular complexity index is 490. The van der Waals surface area contributed by atoms with Gasteiger partial charge in [0.15, 0.2) is 0 Å². The number of hydrogen-bond donors (Lipinski definition) is 2. The number of carbonyl (C=O) groups excluding carboxylic acids is 1. The maximum absolute atomic E-state index is 12.9. The summed E-state index contributed by atoms with van der Waals surface area (Å²) in [6.45, 7) is 6.17. The van der Waals surface area contributed by atoms with Gasteiger partial charge in [-0.05, 0) is 17.5 Å². The zero-order valence-corrected chi connectivity index (χ0v) is 12.0. The number of benzene rings is 1. The van der Waals surface area contributed by atoms with Gasteiger partial charge in [-0.3, -0.25) is 4.79 Å². The summed E-state index contributed by atoms with van der Waals surface area (Å²) in [5, 5.41) is 5.11. The molecule has 0 aliphatic carbocycles. The fourth-order valence-electron chi connectivity index (χ4n) is 1.69. The highest BCUT2D eigenvalue weighted by atomic mass is 19.4. The van der Waals surface area contributed by atoms with E-state index in [1.807, 2.05) is 20.8 Å². The van der Waals surface area contributed by atoms with Gasteiger partial charge in [0, 0.05) is 13.6 Å². The second kappa shape index (κ2) is 5.73. The normalized spacial score (nSPS) is 12.2. The van der Waals surface area contributed by atoms with Gasteiger partial charge in [-0.25, -0.2) is 0 Å². The van der Waals surface area contributed by atoms with Crippen molar-refractivity contribution in [3.05, 3.63) is 29.3 Å². The topological polar surface area (TPSA) is 41.1 Å². The van der Waals surface area contributed by atoms with Crippen molar-refractivity contribution in [2.75, 3.05) is 18.9 Å². The first kappa shape index (κ1) is 16.3. The van der Waals surface area contributed by atoms with Crippen LogP contribution in [0.25, 0.3) is 0 Å². The highest BCUT2D eigenvalue weighted by molar-refractivity contribution is 6.00. The molecule has 112 valence electrons. The Hall–Kier alpha value is -1.72. The van der Waals surface area contributed by atoms with Gasteiger partial charge in [-0.1, -0.05) is 26.8 Å². The average Bonchev–Trinajstić information content (AvgIpc) is 2.32. The monoisotopic (exact) mass is 288 g/mol. The van der Waals surface area contributed by atoms with Crippen molar-refractivity contribution in [3.8, 4) is 0 Å². The van der Waals surface area contributed by atoms with Crippen molar-refractivity contribution >= 4 is 11.6 Å². The minimum Gasteiger partial charge on any atom is -0.387 e. The number of carbonyl (C=O) groups is 1. The van der Waals surface area contributed by atoms with Crippen molar-refractivity contribution in [3.63, 3.8) is 0 Å². The molecule has 0 heterocycles. The Morgan fingerprint density at radius 1 is 1.20 bits per heavy atom. The van der Waals surface area contributed by atoms with E-state index in [9.17, 15) is 18.0 Å². The first-order chi connectivity index (χ1) is 9.06. The van der Waals surface area contributed by atoms with Gasteiger partial charge < -0.3 is 10.6 Å². The number of amides is 1. The van der Waals surface area contributed by atoms with Gasteiger partial charge in [0.25, 0.3) is 5.91 Å². The number of nitrogens with one attached hydrogen (secondary N) is 2. The molecule has 0 saturated carbocycles. The van der Waals surface area contributed by atoms with Crippen LogP contribution < -0.4 is 10.6 Å². The Kier molecular flexibility index (Phi) is 4.68. The highest BCUT2D eigenvalue weighted by Gasteiger charge is 2.35. The van der Waals surface area contributed by atoms with E-state index in [0.29, 0.717) is 6.54 Å². The molecule has 6 heteroatoms. The molecule has 0 aromatic heterocycles. The van der Waals surface area contributed by atoms with E-state index in [-0.39, 0.29) is 16.7 Å². The van der Waals surface area contributed by atoms with Crippen LogP contribution in [0.1, 0.15) is 36.7 Å². The van der Waals surface area contributed by atoms with E-state index in [0.717, 1.165) is 6.07 Å². The summed E-state index contributed by atoms with van der Waals surface area (Å²) in [5.74, 6) is -0.518. The van der Waals surface area contributed by atoms with Crippen LogP contribution in [0.3, 0.4) is 0 Å². The zero-order valence-electron chi connectivity index (χ0n) is 12.0. The van der Waals surface area contributed by atoms with Crippen LogP contribution in [0.5, 0.6) is 0 Å². The largest absolute Gasteiger partial charge is 0.418 e. The SMILES string of the molecule is CNc1c(C(=O)NCC(C)(C)C)cccc1C(F)(F)F. The third kappa shape index (κ3) is 4.15. The Balaban J connectivity index is 3.10. The molecule has 1 aromatic rings. The average molecular weight is 288 g/mol. The first-order valence-electron chi connectivity index (χ1n) is 6.22. The molecule has 0 radical (unpaired) electrons. The highest BCUT2D eigenvalue weighted by Crippen LogP contribution is 2.36. The molecule has 0 saturated heterocycles. The summed E-state index contributed by atoms with van der Waals surface area (Å²) in [6.07, 6.45) is -4.50. The Morgan fingerprint density at radius 2 is 1.80 bits per heavy atom. The predicted octanol–water partition coefficient (Wildman–Crippen LogP) is 3.52. The van der Waals surface area contributed by atoms with Gasteiger partial charge in [0.1, 0.15) is 0 Å². The molecular weight excluding hydrogens is 269 g/mol. The van der Waals surface area contributed by atoms with Crippen molar-refractivity contribution in [1.29, 1.82) is 0 Å². The summed E-state index contributed by atoms with van der Waals surface area (Å²) in [7, 11) is 1.37. The number of rotatable bonds is 3. The van der Waals surface area contributed by atoms with Gasteiger partial charge in [-0.15, -0.1) is 0 Å². The summed E-state index contributed by atoms with van der Waals surface area (Å²) in [6, 6.07) is 3.56. The van der Waals surface area contributed by atoms with Crippen LogP contribution in [0, 0.1) is 5.41 Å². The lowest BCUT2D eigenvalue weighted by atomic mass is 9.96. The molecule has 0 unspecified atom stereocenters. The molecule has 20 heavy (non-hydrogen) atoms. The molecule has 0 aliphatic heterocycles. The lowest BCUT2D eigenvalue weighted by Gasteiger charge is -2.20. The van der Waals surface area contributed by atoms with Crippen LogP contribution in [0.2, 0.25) is 0 Å². The molecule has 3 nitrogen and oxygen atoms in total. The Labute approximate surface area is 116 Å². The predicted molar refractivity (Wildman–Crippen MR) is 72.8 cm³/mol. The van der Waals surface area contributed by atoms with E-state index >= 15 is 0 Å². The third-order valence-electron chi connectivity index (χ3n) is 2.64. The number of halogens is 3. The van der Waals surface area contributed by atoms with Crippen molar-refractivity contribution < 1.29 is 18.0 Å². The second-order valence-corrected chi connectivity index (χ2v) is 5.72. The van der Waals surface area contributed by atoms with E-state index in [4.69, 9.17) is 0 Å². The van der Waals surface area contributed by atoms with Gasteiger partial charge in [0.05, 0.1) is 16.8 Å². The lowest BCUT2D eigenvalue weighted by molar-refractivity contribution is -0.136. The molecule has 1 amide bonds. The van der Waals surface area contributed by atoms with Gasteiger partial charge >= 0.3 is 6.18 Å². The minimum atomic E-state index is -4.50. The first-order valence-corrected chi connectivity index (χ1v) is 6.22. The number of para-hydroxylation sites is 1. The second-order valence-electron chi connectivity index (χ2n) is 5.72. The van der Waals surface area contributed by atoms with E-state index in [2.05, 4.69) is 10.6 Å². The van der Waals surface area contributed by atoms with Crippen LogP contribution in [0.4, 0.5) is 18.9 Å². The minimum absolute atomic E-state index is 0.00780. The van der Waals surface area contributed by atoms with E-state index in [1.165, 1.54) is 19.2 Å². The van der Waals surface area contributed by atoms with Crippen molar-refractivity contribution in [2.45, 2.75) is 26.9 Å². The number of alkyl halides is 3. The fourth-order valence-corrected chi connectivity index (χ4v) is 1.69. The molecule has 0 aliphatic rings. The smallest absolute Gasteiger partial charge is 0.387 e. The molecule has 0 bridgehead atoms. The molecule has 1 rings (SSSR count). The molecule has 1 aromatic carbocycles. The van der Waals surface area contributed by atoms with Crippen molar-refractivity contribution in [2.24, 2.45) is 5.41 Å². The fraction of sp³-hybridized carbons (Fsp3) is 0.500. The van der Waals surface area contributed by atoms with Crippen LogP contribution in [0.15, 0.2) is 18.2 Å². The van der Waals surface area contributed by atoms with Gasteiger partial charge in [-0.2, -0.15) is 13.2 Å². The van der Waals surface area contributed by atoms with E-state index < -0.39 is 17.6 Å². The number of hydrogen-bond acceptors (Lipinski definition) is 2. The molecule has 0 fully saturated rings. The Morgan fingerprint density at radius 3 is 2.25 bits per heavy atom. The standard InChI is InChI=1S/C14H19F3N2O/c1-13(2,3)8-19-12(20)9-6-5-7-10(11(9)18-4)14(15,16)17/h5-7,18H,8H2,1-4H3,(H,19,20).